The van der Waals surface area contributed by atoms with E-state index in [0.717, 1.165) is 0 Å². The molecule has 0 atom stereocenters. The van der Waals surface area contributed by atoms with Gasteiger partial charge in [0.25, 0.3) is 5.91 Å². The van der Waals surface area contributed by atoms with Crippen LogP contribution in [0.25, 0.3) is 0 Å². The minimum Gasteiger partial charge on any atom is -0.492 e. The number of hydrogen-bond donors (Lipinski definition) is 2. The second-order valence-corrected chi connectivity index (χ2v) is 6.47. The lowest BCUT2D eigenvalue weighted by atomic mass is 10.2. The van der Waals surface area contributed by atoms with Crippen LogP contribution in [0.4, 0.5) is 11.4 Å². The molecule has 162 valence electrons. The Morgan fingerprint density at radius 3 is 2.13 bits per heavy atom. The van der Waals surface area contributed by atoms with Gasteiger partial charge < -0.3 is 20.1 Å². The second-order valence-electron chi connectivity index (χ2n) is 6.47. The molecule has 0 aliphatic rings. The van der Waals surface area contributed by atoms with Crippen molar-refractivity contribution in [1.29, 1.82) is 0 Å². The van der Waals surface area contributed by atoms with E-state index in [1.165, 1.54) is 4.68 Å². The van der Waals surface area contributed by atoms with Gasteiger partial charge in [-0.15, -0.1) is 5.10 Å². The smallest absolute Gasteiger partial charge is 0.255 e. The first kappa shape index (κ1) is 21.8. The first-order chi connectivity index (χ1) is 15.0. The van der Waals surface area contributed by atoms with E-state index in [4.69, 9.17) is 9.47 Å². The van der Waals surface area contributed by atoms with E-state index < -0.39 is 0 Å². The Morgan fingerprint density at radius 1 is 0.968 bits per heavy atom. The summed E-state index contributed by atoms with van der Waals surface area (Å²) in [6.07, 6.45) is -0.00840. The number of carbonyl (C=O) groups excluding carboxylic acids is 2. The SMILES string of the molecule is CCOc1cc(NC(=O)c2ccccc2)c(OCC)cc1NC(=O)Cc1nnnn1C. The highest BCUT2D eigenvalue weighted by Gasteiger charge is 2.18. The quantitative estimate of drug-likeness (QED) is 0.541. The number of nitrogens with zero attached hydrogens (tertiary/aromatic N) is 4. The third-order valence-corrected chi connectivity index (χ3v) is 4.27. The maximum atomic E-state index is 12.6. The summed E-state index contributed by atoms with van der Waals surface area (Å²) in [6.45, 7) is 4.41. The summed E-state index contributed by atoms with van der Waals surface area (Å²) in [5, 5.41) is 16.7. The molecule has 10 heteroatoms. The van der Waals surface area contributed by atoms with Gasteiger partial charge in [-0.25, -0.2) is 4.68 Å². The lowest BCUT2D eigenvalue weighted by Gasteiger charge is -2.18. The number of tetrazole rings is 1. The molecule has 3 rings (SSSR count). The largest absolute Gasteiger partial charge is 0.492 e. The number of carbonyl (C=O) groups is 2. The van der Waals surface area contributed by atoms with E-state index in [1.54, 1.807) is 43.4 Å². The average molecular weight is 424 g/mol. The van der Waals surface area contributed by atoms with Crippen LogP contribution in [0.3, 0.4) is 0 Å². The third-order valence-electron chi connectivity index (χ3n) is 4.27. The van der Waals surface area contributed by atoms with Crippen molar-refractivity contribution in [2.45, 2.75) is 20.3 Å². The van der Waals surface area contributed by atoms with Crippen LogP contribution in [-0.2, 0) is 18.3 Å². The van der Waals surface area contributed by atoms with E-state index in [-0.39, 0.29) is 18.2 Å². The van der Waals surface area contributed by atoms with E-state index >= 15 is 0 Å². The van der Waals surface area contributed by atoms with Crippen LogP contribution in [0.1, 0.15) is 30.0 Å². The molecule has 0 fully saturated rings. The van der Waals surface area contributed by atoms with Crippen LogP contribution in [0.5, 0.6) is 11.5 Å². The molecule has 0 saturated heterocycles. The van der Waals surface area contributed by atoms with E-state index in [2.05, 4.69) is 26.2 Å². The highest BCUT2D eigenvalue weighted by atomic mass is 16.5. The van der Waals surface area contributed by atoms with Gasteiger partial charge in [-0.2, -0.15) is 0 Å². The number of rotatable bonds is 9. The molecule has 2 amide bonds. The predicted octanol–water partition coefficient (Wildman–Crippen LogP) is 2.44. The van der Waals surface area contributed by atoms with Crippen LogP contribution in [-0.4, -0.2) is 45.2 Å². The fraction of sp³-hybridized carbons (Fsp3) is 0.286. The first-order valence-electron chi connectivity index (χ1n) is 9.82. The topological polar surface area (TPSA) is 120 Å². The van der Waals surface area contributed by atoms with E-state index in [9.17, 15) is 9.59 Å². The molecule has 0 aliphatic heterocycles. The van der Waals surface area contributed by atoms with Crippen molar-refractivity contribution in [1.82, 2.24) is 20.2 Å². The number of aryl methyl sites for hydroxylation is 1. The molecule has 2 N–H and O–H groups in total. The van der Waals surface area contributed by atoms with Gasteiger partial charge in [0.05, 0.1) is 31.0 Å². The Hall–Kier alpha value is -3.95. The van der Waals surface area contributed by atoms with E-state index in [0.29, 0.717) is 47.5 Å². The van der Waals surface area contributed by atoms with Crippen LogP contribution in [0.15, 0.2) is 42.5 Å². The minimum atomic E-state index is -0.317. The maximum Gasteiger partial charge on any atom is 0.255 e. The summed E-state index contributed by atoms with van der Waals surface area (Å²) in [5.74, 6) is 0.634. The molecule has 31 heavy (non-hydrogen) atoms. The summed E-state index contributed by atoms with van der Waals surface area (Å²) < 4.78 is 12.8. The molecular weight excluding hydrogens is 400 g/mol. The van der Waals surface area contributed by atoms with Crippen LogP contribution >= 0.6 is 0 Å². The van der Waals surface area contributed by atoms with Crippen molar-refractivity contribution in [2.75, 3.05) is 23.8 Å². The number of nitrogens with one attached hydrogen (secondary N) is 2. The molecule has 3 aromatic rings. The Labute approximate surface area is 179 Å². The van der Waals surface area contributed by atoms with Gasteiger partial charge >= 0.3 is 0 Å². The summed E-state index contributed by atoms with van der Waals surface area (Å²) in [7, 11) is 1.66. The van der Waals surface area contributed by atoms with Crippen molar-refractivity contribution >= 4 is 23.2 Å². The highest BCUT2D eigenvalue weighted by molar-refractivity contribution is 6.05. The van der Waals surface area contributed by atoms with Gasteiger partial charge in [0.15, 0.2) is 5.82 Å². The number of aromatic nitrogens is 4. The van der Waals surface area contributed by atoms with E-state index in [1.807, 2.05) is 19.9 Å². The molecular formula is C21H24N6O4. The van der Waals surface area contributed by atoms with Crippen molar-refractivity contribution < 1.29 is 19.1 Å². The molecule has 0 spiro atoms. The van der Waals surface area contributed by atoms with Gasteiger partial charge in [0.1, 0.15) is 11.5 Å². The highest BCUT2D eigenvalue weighted by Crippen LogP contribution is 2.37. The molecule has 1 heterocycles. The minimum absolute atomic E-state index is 0.00840. The molecule has 0 radical (unpaired) electrons. The van der Waals surface area contributed by atoms with Crippen LogP contribution < -0.4 is 20.1 Å². The van der Waals surface area contributed by atoms with Gasteiger partial charge in [-0.05, 0) is 36.4 Å². The lowest BCUT2D eigenvalue weighted by Crippen LogP contribution is -2.18. The van der Waals surface area contributed by atoms with Crippen molar-refractivity contribution in [3.63, 3.8) is 0 Å². The average Bonchev–Trinajstić information content (AvgIpc) is 3.16. The number of benzene rings is 2. The summed E-state index contributed by atoms with van der Waals surface area (Å²) in [6, 6.07) is 12.1. The van der Waals surface area contributed by atoms with Gasteiger partial charge in [-0.1, -0.05) is 18.2 Å². The number of anilines is 2. The molecule has 2 aromatic carbocycles. The zero-order valence-corrected chi connectivity index (χ0v) is 17.6. The second kappa shape index (κ2) is 10.2. The molecule has 1 aromatic heterocycles. The molecule has 10 nitrogen and oxygen atoms in total. The predicted molar refractivity (Wildman–Crippen MR) is 114 cm³/mol. The zero-order chi connectivity index (χ0) is 22.2. The van der Waals surface area contributed by atoms with Gasteiger partial charge in [-0.3, -0.25) is 9.59 Å². The molecule has 0 unspecified atom stereocenters. The van der Waals surface area contributed by atoms with Crippen molar-refractivity contribution in [3.05, 3.63) is 53.9 Å². The summed E-state index contributed by atoms with van der Waals surface area (Å²) in [5.41, 5.74) is 1.37. The normalized spacial score (nSPS) is 10.4. The van der Waals surface area contributed by atoms with Gasteiger partial charge in [0, 0.05) is 24.7 Å². The Balaban J connectivity index is 1.87. The number of ether oxygens (including phenoxy) is 2. The number of hydrogen-bond acceptors (Lipinski definition) is 7. The number of amides is 2. The molecule has 0 aliphatic carbocycles. The molecule has 0 saturated carbocycles. The fourth-order valence-electron chi connectivity index (χ4n) is 2.82. The maximum absolute atomic E-state index is 12.6. The van der Waals surface area contributed by atoms with Crippen molar-refractivity contribution in [2.24, 2.45) is 7.05 Å². The summed E-state index contributed by atoms with van der Waals surface area (Å²) >= 11 is 0. The van der Waals surface area contributed by atoms with Gasteiger partial charge in [0.2, 0.25) is 5.91 Å². The fourth-order valence-corrected chi connectivity index (χ4v) is 2.82. The Bertz CT molecular complexity index is 1050. The Kier molecular flexibility index (Phi) is 7.15. The first-order valence-corrected chi connectivity index (χ1v) is 9.82. The molecule has 0 bridgehead atoms. The standard InChI is InChI=1S/C21H24N6O4/c1-4-30-17-12-16(23-21(29)14-9-7-6-8-10-14)18(31-5-2)11-15(17)22-20(28)13-19-24-25-26-27(19)3/h6-12H,4-5,13H2,1-3H3,(H,22,28)(H,23,29). The Morgan fingerprint density at radius 2 is 1.58 bits per heavy atom. The van der Waals surface area contributed by atoms with Crippen LogP contribution in [0, 0.1) is 0 Å². The monoisotopic (exact) mass is 424 g/mol. The zero-order valence-electron chi connectivity index (χ0n) is 17.6. The summed E-state index contributed by atoms with van der Waals surface area (Å²) in [4.78, 5) is 25.1. The van der Waals surface area contributed by atoms with Crippen LogP contribution in [0.2, 0.25) is 0 Å². The van der Waals surface area contributed by atoms with Crippen molar-refractivity contribution in [3.8, 4) is 11.5 Å². The third kappa shape index (κ3) is 5.56. The lowest BCUT2D eigenvalue weighted by molar-refractivity contribution is -0.115.